The maximum atomic E-state index is 12.5. The standard InChI is InChI=1S/C23H26N4O/c24-16-20-8-4-9-21(25-20)26-14-5-12-23(17-26)13-10-22(28)27(18-23)15-11-19-6-2-1-3-7-19/h1-4,6-9H,5,10-15,17-18H2/t23-/m1/s1. The van der Waals surface area contributed by atoms with Gasteiger partial charge in [-0.1, -0.05) is 36.4 Å². The molecule has 1 spiro atoms. The van der Waals surface area contributed by atoms with E-state index >= 15 is 0 Å². The number of hydrogen-bond acceptors (Lipinski definition) is 4. The van der Waals surface area contributed by atoms with Crippen LogP contribution in [0.1, 0.15) is 36.9 Å². The summed E-state index contributed by atoms with van der Waals surface area (Å²) < 4.78 is 0. The third-order valence-electron chi connectivity index (χ3n) is 6.10. The zero-order chi connectivity index (χ0) is 19.4. The van der Waals surface area contributed by atoms with E-state index in [4.69, 9.17) is 5.26 Å². The third-order valence-corrected chi connectivity index (χ3v) is 6.10. The van der Waals surface area contributed by atoms with Gasteiger partial charge in [-0.3, -0.25) is 4.79 Å². The van der Waals surface area contributed by atoms with Gasteiger partial charge in [0.15, 0.2) is 0 Å². The molecule has 144 valence electrons. The SMILES string of the molecule is N#Cc1cccc(N2CCC[C@@]3(CCC(=O)N(CCc4ccccc4)C3)C2)n1. The minimum Gasteiger partial charge on any atom is -0.356 e. The third kappa shape index (κ3) is 4.01. The number of benzene rings is 1. The lowest BCUT2D eigenvalue weighted by atomic mass is 9.73. The van der Waals surface area contributed by atoms with E-state index in [9.17, 15) is 4.79 Å². The van der Waals surface area contributed by atoms with Crippen LogP contribution in [-0.2, 0) is 11.2 Å². The molecule has 0 aliphatic carbocycles. The quantitative estimate of drug-likeness (QED) is 0.823. The Balaban J connectivity index is 1.45. The van der Waals surface area contributed by atoms with Crippen LogP contribution in [0.3, 0.4) is 0 Å². The summed E-state index contributed by atoms with van der Waals surface area (Å²) >= 11 is 0. The normalized spacial score (nSPS) is 22.3. The second-order valence-corrected chi connectivity index (χ2v) is 8.07. The van der Waals surface area contributed by atoms with Crippen LogP contribution in [0.25, 0.3) is 0 Å². The number of anilines is 1. The molecule has 28 heavy (non-hydrogen) atoms. The first-order chi connectivity index (χ1) is 13.7. The molecule has 0 unspecified atom stereocenters. The molecule has 1 amide bonds. The Morgan fingerprint density at radius 2 is 1.93 bits per heavy atom. The molecular weight excluding hydrogens is 348 g/mol. The molecule has 1 aromatic heterocycles. The fourth-order valence-corrected chi connectivity index (χ4v) is 4.61. The molecule has 5 heteroatoms. The average Bonchev–Trinajstić information content (AvgIpc) is 2.75. The maximum Gasteiger partial charge on any atom is 0.222 e. The molecule has 0 N–H and O–H groups in total. The van der Waals surface area contributed by atoms with E-state index in [0.29, 0.717) is 12.1 Å². The van der Waals surface area contributed by atoms with Gasteiger partial charge in [0.05, 0.1) is 0 Å². The number of aromatic nitrogens is 1. The van der Waals surface area contributed by atoms with E-state index in [0.717, 1.165) is 57.7 Å². The van der Waals surface area contributed by atoms with Crippen LogP contribution in [0, 0.1) is 16.7 Å². The van der Waals surface area contributed by atoms with Crippen molar-refractivity contribution in [3.63, 3.8) is 0 Å². The molecule has 2 aliphatic heterocycles. The van der Waals surface area contributed by atoms with Crippen LogP contribution < -0.4 is 4.90 Å². The van der Waals surface area contributed by atoms with Crippen LogP contribution in [-0.4, -0.2) is 42.0 Å². The number of likely N-dealkylation sites (tertiary alicyclic amines) is 1. The van der Waals surface area contributed by atoms with E-state index in [1.54, 1.807) is 6.07 Å². The van der Waals surface area contributed by atoms with Crippen LogP contribution in [0.5, 0.6) is 0 Å². The summed E-state index contributed by atoms with van der Waals surface area (Å²) in [5.41, 5.74) is 1.87. The number of hydrogen-bond donors (Lipinski definition) is 0. The maximum absolute atomic E-state index is 12.5. The van der Waals surface area contributed by atoms with Gasteiger partial charge in [-0.25, -0.2) is 4.98 Å². The van der Waals surface area contributed by atoms with Gasteiger partial charge in [0.1, 0.15) is 17.6 Å². The summed E-state index contributed by atoms with van der Waals surface area (Å²) in [6, 6.07) is 18.1. The monoisotopic (exact) mass is 374 g/mol. The van der Waals surface area contributed by atoms with Crippen molar-refractivity contribution in [2.45, 2.75) is 32.1 Å². The number of nitrogens with zero attached hydrogens (tertiary/aromatic N) is 4. The Morgan fingerprint density at radius 1 is 1.07 bits per heavy atom. The van der Waals surface area contributed by atoms with Gasteiger partial charge in [0, 0.05) is 38.0 Å². The molecule has 0 bridgehead atoms. The number of nitriles is 1. The number of pyridine rings is 1. The first-order valence-corrected chi connectivity index (χ1v) is 10.1. The zero-order valence-electron chi connectivity index (χ0n) is 16.2. The molecular formula is C23H26N4O. The highest BCUT2D eigenvalue weighted by atomic mass is 16.2. The summed E-state index contributed by atoms with van der Waals surface area (Å²) in [5, 5.41) is 9.14. The predicted molar refractivity (Wildman–Crippen MR) is 109 cm³/mol. The van der Waals surface area contributed by atoms with Crippen LogP contribution >= 0.6 is 0 Å². The van der Waals surface area contributed by atoms with Crippen LogP contribution in [0.15, 0.2) is 48.5 Å². The van der Waals surface area contributed by atoms with Gasteiger partial charge in [-0.15, -0.1) is 0 Å². The Bertz CT molecular complexity index is 876. The highest BCUT2D eigenvalue weighted by molar-refractivity contribution is 5.77. The molecule has 1 atom stereocenters. The second kappa shape index (κ2) is 8.02. The Kier molecular flexibility index (Phi) is 5.29. The second-order valence-electron chi connectivity index (χ2n) is 8.07. The topological polar surface area (TPSA) is 60.2 Å². The number of piperidine rings is 2. The molecule has 2 aliphatic rings. The lowest BCUT2D eigenvalue weighted by Crippen LogP contribution is -2.54. The van der Waals surface area contributed by atoms with Crippen molar-refractivity contribution in [3.8, 4) is 6.07 Å². The fraction of sp³-hybridized carbons (Fsp3) is 0.435. The van der Waals surface area contributed by atoms with Crippen LogP contribution in [0.4, 0.5) is 5.82 Å². The minimum atomic E-state index is 0.132. The lowest BCUT2D eigenvalue weighted by molar-refractivity contribution is -0.137. The average molecular weight is 374 g/mol. The van der Waals surface area contributed by atoms with Gasteiger partial charge >= 0.3 is 0 Å². The molecule has 2 fully saturated rings. The Hall–Kier alpha value is -2.87. The van der Waals surface area contributed by atoms with Crippen LogP contribution in [0.2, 0.25) is 0 Å². The molecule has 1 aromatic carbocycles. The number of amides is 1. The largest absolute Gasteiger partial charge is 0.356 e. The number of rotatable bonds is 4. The summed E-state index contributed by atoms with van der Waals surface area (Å²) in [4.78, 5) is 21.4. The molecule has 3 heterocycles. The van der Waals surface area contributed by atoms with E-state index in [-0.39, 0.29) is 11.3 Å². The molecule has 2 aromatic rings. The highest BCUT2D eigenvalue weighted by Gasteiger charge is 2.41. The Labute approximate surface area is 166 Å². The van der Waals surface area contributed by atoms with E-state index in [2.05, 4.69) is 45.1 Å². The predicted octanol–water partition coefficient (Wildman–Crippen LogP) is 3.40. The van der Waals surface area contributed by atoms with E-state index in [1.165, 1.54) is 5.56 Å². The number of carbonyl (C=O) groups is 1. The van der Waals surface area contributed by atoms with Crippen molar-refractivity contribution in [3.05, 3.63) is 59.8 Å². The summed E-state index contributed by atoms with van der Waals surface area (Å²) in [5.74, 6) is 1.16. The summed E-state index contributed by atoms with van der Waals surface area (Å²) in [6.45, 7) is 3.48. The van der Waals surface area contributed by atoms with Crippen molar-refractivity contribution < 1.29 is 4.79 Å². The first kappa shape index (κ1) is 18.5. The number of carbonyl (C=O) groups excluding carboxylic acids is 1. The van der Waals surface area contributed by atoms with Crippen molar-refractivity contribution >= 4 is 11.7 Å². The van der Waals surface area contributed by atoms with E-state index in [1.807, 2.05) is 18.2 Å². The lowest BCUT2D eigenvalue weighted by Gasteiger charge is -2.48. The van der Waals surface area contributed by atoms with Crippen molar-refractivity contribution in [2.24, 2.45) is 5.41 Å². The first-order valence-electron chi connectivity index (χ1n) is 10.1. The molecule has 0 radical (unpaired) electrons. The van der Waals surface area contributed by atoms with Crippen molar-refractivity contribution in [2.75, 3.05) is 31.1 Å². The zero-order valence-corrected chi connectivity index (χ0v) is 16.2. The van der Waals surface area contributed by atoms with Gasteiger partial charge in [-0.05, 0) is 43.4 Å². The molecule has 4 rings (SSSR count). The van der Waals surface area contributed by atoms with Gasteiger partial charge < -0.3 is 9.80 Å². The molecule has 2 saturated heterocycles. The smallest absolute Gasteiger partial charge is 0.222 e. The summed E-state index contributed by atoms with van der Waals surface area (Å²) in [7, 11) is 0. The fourth-order valence-electron chi connectivity index (χ4n) is 4.61. The highest BCUT2D eigenvalue weighted by Crippen LogP contribution is 2.40. The van der Waals surface area contributed by atoms with Gasteiger partial charge in [0.2, 0.25) is 5.91 Å². The Morgan fingerprint density at radius 3 is 2.75 bits per heavy atom. The van der Waals surface area contributed by atoms with Crippen molar-refractivity contribution in [1.29, 1.82) is 5.26 Å². The summed E-state index contributed by atoms with van der Waals surface area (Å²) in [6.07, 6.45) is 4.73. The van der Waals surface area contributed by atoms with E-state index < -0.39 is 0 Å². The van der Waals surface area contributed by atoms with Gasteiger partial charge in [0.25, 0.3) is 0 Å². The van der Waals surface area contributed by atoms with Crippen molar-refractivity contribution in [1.82, 2.24) is 9.88 Å². The molecule has 5 nitrogen and oxygen atoms in total. The minimum absolute atomic E-state index is 0.132. The molecule has 0 saturated carbocycles. The van der Waals surface area contributed by atoms with Gasteiger partial charge in [-0.2, -0.15) is 5.26 Å².